The number of rotatable bonds is 4. The molecular weight excluding hydrogens is 532 g/mol. The fourth-order valence-corrected chi connectivity index (χ4v) is 7.06. The molecule has 2 heteroatoms. The van der Waals surface area contributed by atoms with Gasteiger partial charge in [-0.15, -0.1) is 0 Å². The summed E-state index contributed by atoms with van der Waals surface area (Å²) in [4.78, 5) is 0. The van der Waals surface area contributed by atoms with E-state index in [9.17, 15) is 0 Å². The molecule has 0 aliphatic rings. The Morgan fingerprint density at radius 3 is 1.68 bits per heavy atom. The molecule has 0 amide bonds. The third kappa shape index (κ3) is 3.68. The first-order valence-electron chi connectivity index (χ1n) is 15.1. The maximum atomic E-state index is 2.43. The SMILES string of the molecule is c1ccc(-c2cccc(-n3c4ccccc4c4c(-c5cccc6c7ccccc7n(-c7ccccc7)c56)cccc43)c2)cc1. The molecule has 0 radical (unpaired) electrons. The number of para-hydroxylation sites is 4. The fraction of sp³-hybridized carbons (Fsp3) is 0. The van der Waals surface area contributed by atoms with Crippen LogP contribution in [0.2, 0.25) is 0 Å². The minimum atomic E-state index is 1.16. The number of aromatic nitrogens is 2. The molecule has 2 heterocycles. The second kappa shape index (κ2) is 9.86. The van der Waals surface area contributed by atoms with Crippen LogP contribution < -0.4 is 0 Å². The molecule has 0 aliphatic heterocycles. The van der Waals surface area contributed by atoms with E-state index in [1.807, 2.05) is 0 Å². The second-order valence-corrected chi connectivity index (χ2v) is 11.4. The first kappa shape index (κ1) is 24.7. The summed E-state index contributed by atoms with van der Waals surface area (Å²) in [6.45, 7) is 0. The summed E-state index contributed by atoms with van der Waals surface area (Å²) in [5.74, 6) is 0. The molecule has 206 valence electrons. The lowest BCUT2D eigenvalue weighted by Gasteiger charge is -2.13. The van der Waals surface area contributed by atoms with Gasteiger partial charge in [0.2, 0.25) is 0 Å². The second-order valence-electron chi connectivity index (χ2n) is 11.4. The van der Waals surface area contributed by atoms with Crippen LogP contribution in [0.3, 0.4) is 0 Å². The Hall–Kier alpha value is -5.86. The topological polar surface area (TPSA) is 9.86 Å². The Bertz CT molecular complexity index is 2480. The van der Waals surface area contributed by atoms with Crippen molar-refractivity contribution in [3.8, 4) is 33.6 Å². The molecule has 2 aromatic heterocycles. The predicted molar refractivity (Wildman–Crippen MR) is 186 cm³/mol. The van der Waals surface area contributed by atoms with Crippen LogP contribution in [0.25, 0.3) is 77.2 Å². The largest absolute Gasteiger partial charge is 0.309 e. The molecule has 0 spiro atoms. The maximum Gasteiger partial charge on any atom is 0.0619 e. The van der Waals surface area contributed by atoms with Gasteiger partial charge in [0.1, 0.15) is 0 Å². The molecule has 44 heavy (non-hydrogen) atoms. The molecule has 0 saturated carbocycles. The highest BCUT2D eigenvalue weighted by Crippen LogP contribution is 2.43. The van der Waals surface area contributed by atoms with Crippen LogP contribution in [0.5, 0.6) is 0 Å². The first-order valence-corrected chi connectivity index (χ1v) is 15.1. The summed E-state index contributed by atoms with van der Waals surface area (Å²) >= 11 is 0. The van der Waals surface area contributed by atoms with E-state index in [-0.39, 0.29) is 0 Å². The molecule has 9 rings (SSSR count). The quantitative estimate of drug-likeness (QED) is 0.203. The van der Waals surface area contributed by atoms with Gasteiger partial charge in [-0.25, -0.2) is 0 Å². The van der Waals surface area contributed by atoms with E-state index in [2.05, 4.69) is 179 Å². The number of benzene rings is 7. The normalized spacial score (nSPS) is 11.6. The van der Waals surface area contributed by atoms with Gasteiger partial charge in [0.15, 0.2) is 0 Å². The van der Waals surface area contributed by atoms with Gasteiger partial charge in [0.05, 0.1) is 22.1 Å². The molecule has 9 aromatic rings. The van der Waals surface area contributed by atoms with Crippen molar-refractivity contribution in [2.75, 3.05) is 0 Å². The predicted octanol–water partition coefficient (Wildman–Crippen LogP) is 11.2. The van der Waals surface area contributed by atoms with E-state index in [0.717, 1.165) is 5.69 Å². The first-order chi connectivity index (χ1) is 21.9. The van der Waals surface area contributed by atoms with Crippen molar-refractivity contribution in [2.45, 2.75) is 0 Å². The molecule has 0 unspecified atom stereocenters. The van der Waals surface area contributed by atoms with Gasteiger partial charge >= 0.3 is 0 Å². The molecular formula is C42H28N2. The number of hydrogen-bond acceptors (Lipinski definition) is 0. The van der Waals surface area contributed by atoms with Crippen molar-refractivity contribution in [1.82, 2.24) is 9.13 Å². The van der Waals surface area contributed by atoms with Gasteiger partial charge in [-0.2, -0.15) is 0 Å². The number of hydrogen-bond donors (Lipinski definition) is 0. The zero-order chi connectivity index (χ0) is 29.0. The van der Waals surface area contributed by atoms with Crippen molar-refractivity contribution in [1.29, 1.82) is 0 Å². The van der Waals surface area contributed by atoms with Gasteiger partial charge in [-0.1, -0.05) is 127 Å². The lowest BCUT2D eigenvalue weighted by atomic mass is 9.97. The molecule has 0 saturated heterocycles. The van der Waals surface area contributed by atoms with Crippen LogP contribution in [-0.4, -0.2) is 9.13 Å². The smallest absolute Gasteiger partial charge is 0.0619 e. The van der Waals surface area contributed by atoms with E-state index in [1.54, 1.807) is 0 Å². The van der Waals surface area contributed by atoms with Gasteiger partial charge in [-0.05, 0) is 59.2 Å². The highest BCUT2D eigenvalue weighted by Gasteiger charge is 2.20. The van der Waals surface area contributed by atoms with E-state index in [1.165, 1.54) is 71.6 Å². The maximum absolute atomic E-state index is 2.43. The fourth-order valence-electron chi connectivity index (χ4n) is 7.06. The van der Waals surface area contributed by atoms with Crippen LogP contribution in [-0.2, 0) is 0 Å². The summed E-state index contributed by atoms with van der Waals surface area (Å²) in [7, 11) is 0. The van der Waals surface area contributed by atoms with E-state index in [0.29, 0.717) is 0 Å². The van der Waals surface area contributed by atoms with Gasteiger partial charge in [0.25, 0.3) is 0 Å². The molecule has 0 fully saturated rings. The lowest BCUT2D eigenvalue weighted by molar-refractivity contribution is 1.18. The minimum absolute atomic E-state index is 1.16. The van der Waals surface area contributed by atoms with Gasteiger partial charge in [0, 0.05) is 38.5 Å². The van der Waals surface area contributed by atoms with Crippen molar-refractivity contribution >= 4 is 43.6 Å². The van der Waals surface area contributed by atoms with E-state index >= 15 is 0 Å². The van der Waals surface area contributed by atoms with Crippen LogP contribution in [0.15, 0.2) is 170 Å². The highest BCUT2D eigenvalue weighted by molar-refractivity contribution is 6.20. The summed E-state index contributed by atoms with van der Waals surface area (Å²) in [5, 5.41) is 5.05. The summed E-state index contributed by atoms with van der Waals surface area (Å²) in [6.07, 6.45) is 0. The Balaban J connectivity index is 1.37. The summed E-state index contributed by atoms with van der Waals surface area (Å²) in [6, 6.07) is 61.4. The number of fused-ring (bicyclic) bond motifs is 6. The van der Waals surface area contributed by atoms with Crippen LogP contribution in [0, 0.1) is 0 Å². The van der Waals surface area contributed by atoms with Gasteiger partial charge in [-0.3, -0.25) is 0 Å². The van der Waals surface area contributed by atoms with Crippen molar-refractivity contribution in [3.63, 3.8) is 0 Å². The summed E-state index contributed by atoms with van der Waals surface area (Å²) < 4.78 is 4.86. The zero-order valence-corrected chi connectivity index (χ0v) is 24.1. The van der Waals surface area contributed by atoms with Crippen LogP contribution in [0.1, 0.15) is 0 Å². The van der Waals surface area contributed by atoms with Crippen LogP contribution in [0.4, 0.5) is 0 Å². The lowest BCUT2D eigenvalue weighted by Crippen LogP contribution is -1.96. The molecule has 2 nitrogen and oxygen atoms in total. The highest BCUT2D eigenvalue weighted by atomic mass is 15.0. The molecule has 0 atom stereocenters. The molecule has 0 aliphatic carbocycles. The Labute approximate surface area is 255 Å². The Kier molecular flexibility index (Phi) is 5.54. The number of nitrogens with zero attached hydrogens (tertiary/aromatic N) is 2. The average Bonchev–Trinajstić information content (AvgIpc) is 3.62. The van der Waals surface area contributed by atoms with Gasteiger partial charge < -0.3 is 9.13 Å². The van der Waals surface area contributed by atoms with E-state index < -0.39 is 0 Å². The van der Waals surface area contributed by atoms with Crippen molar-refractivity contribution < 1.29 is 0 Å². The molecule has 0 bridgehead atoms. The van der Waals surface area contributed by atoms with Crippen molar-refractivity contribution in [3.05, 3.63) is 170 Å². The van der Waals surface area contributed by atoms with E-state index in [4.69, 9.17) is 0 Å². The molecule has 0 N–H and O–H groups in total. The van der Waals surface area contributed by atoms with Crippen LogP contribution >= 0.6 is 0 Å². The van der Waals surface area contributed by atoms with Crippen molar-refractivity contribution in [2.24, 2.45) is 0 Å². The average molecular weight is 561 g/mol. The monoisotopic (exact) mass is 560 g/mol. The minimum Gasteiger partial charge on any atom is -0.309 e. The molecule has 7 aromatic carbocycles. The standard InChI is InChI=1S/C42H28N2/c1-3-14-29(15-4-1)30-16-11-19-32(28-30)43-39-26-10-8-21-37(39)41-34(22-13-27-40(41)43)36-24-12-23-35-33-20-7-9-25-38(33)44(42(35)36)31-17-5-2-6-18-31/h1-28H. The third-order valence-corrected chi connectivity index (χ3v) is 8.91. The Morgan fingerprint density at radius 2 is 0.864 bits per heavy atom. The third-order valence-electron chi connectivity index (χ3n) is 8.91. The Morgan fingerprint density at radius 1 is 0.318 bits per heavy atom. The zero-order valence-electron chi connectivity index (χ0n) is 24.1. The summed E-state index contributed by atoms with van der Waals surface area (Å²) in [5.41, 5.74) is 12.1.